The van der Waals surface area contributed by atoms with Crippen LogP contribution in [0.2, 0.25) is 0 Å². The van der Waals surface area contributed by atoms with E-state index in [1.54, 1.807) is 6.07 Å². The van der Waals surface area contributed by atoms with E-state index < -0.39 is 18.7 Å². The molecule has 0 spiro atoms. The maximum atomic E-state index is 12.5. The Labute approximate surface area is 85.0 Å². The maximum absolute atomic E-state index is 12.5. The molecule has 1 aromatic heterocycles. The van der Waals surface area contributed by atoms with Gasteiger partial charge in [-0.15, -0.1) is 0 Å². The number of hydrogen-bond acceptors (Lipinski definition) is 4. The number of aliphatic hydroxyl groups is 1. The van der Waals surface area contributed by atoms with E-state index in [-0.39, 0.29) is 23.4 Å². The highest BCUT2D eigenvalue weighted by Crippen LogP contribution is 2.23. The van der Waals surface area contributed by atoms with Crippen LogP contribution in [0.25, 0.3) is 0 Å². The van der Waals surface area contributed by atoms with Crippen molar-refractivity contribution in [3.63, 3.8) is 0 Å². The van der Waals surface area contributed by atoms with Gasteiger partial charge in [0.25, 0.3) is 6.43 Å². The Bertz CT molecular complexity index is 401. The van der Waals surface area contributed by atoms with Gasteiger partial charge in [0, 0.05) is 6.54 Å². The first-order valence-electron chi connectivity index (χ1n) is 4.15. The van der Waals surface area contributed by atoms with E-state index in [9.17, 15) is 8.78 Å². The van der Waals surface area contributed by atoms with Crippen molar-refractivity contribution < 1.29 is 13.9 Å². The minimum absolute atomic E-state index is 0.0154. The Kier molecular flexibility index (Phi) is 3.66. The zero-order valence-corrected chi connectivity index (χ0v) is 7.74. The molecule has 0 bridgehead atoms. The molecule has 0 aliphatic heterocycles. The molecule has 1 heterocycles. The van der Waals surface area contributed by atoms with E-state index in [1.807, 2.05) is 0 Å². The number of nitrogens with zero attached hydrogens (tertiary/aromatic N) is 2. The van der Waals surface area contributed by atoms with E-state index in [0.717, 1.165) is 0 Å². The number of aromatic nitrogens is 1. The summed E-state index contributed by atoms with van der Waals surface area (Å²) in [5.41, 5.74) is 4.73. The quantitative estimate of drug-likeness (QED) is 0.779. The maximum Gasteiger partial charge on any atom is 0.281 e. The first-order valence-corrected chi connectivity index (χ1v) is 4.15. The van der Waals surface area contributed by atoms with Crippen LogP contribution >= 0.6 is 0 Å². The molecule has 1 aromatic rings. The molecule has 0 saturated heterocycles. The largest absolute Gasteiger partial charge is 0.392 e. The van der Waals surface area contributed by atoms with E-state index in [1.165, 1.54) is 6.07 Å². The van der Waals surface area contributed by atoms with Gasteiger partial charge >= 0.3 is 0 Å². The first-order chi connectivity index (χ1) is 7.13. The van der Waals surface area contributed by atoms with Gasteiger partial charge in [-0.05, 0) is 11.6 Å². The fourth-order valence-electron chi connectivity index (χ4n) is 1.20. The number of halogens is 2. The van der Waals surface area contributed by atoms with E-state index in [0.29, 0.717) is 0 Å². The summed E-state index contributed by atoms with van der Waals surface area (Å²) in [4.78, 5) is 3.56. The number of hydrogen-bond donors (Lipinski definition) is 2. The summed E-state index contributed by atoms with van der Waals surface area (Å²) in [6.07, 6.45) is -2.85. The van der Waals surface area contributed by atoms with Crippen LogP contribution in [-0.2, 0) is 13.2 Å². The second-order valence-corrected chi connectivity index (χ2v) is 2.81. The molecule has 0 amide bonds. The number of pyridine rings is 1. The molecule has 0 fully saturated rings. The van der Waals surface area contributed by atoms with Gasteiger partial charge in [0.2, 0.25) is 0 Å². The Morgan fingerprint density at radius 1 is 1.60 bits per heavy atom. The average molecular weight is 213 g/mol. The summed E-state index contributed by atoms with van der Waals surface area (Å²) in [7, 11) is 0. The molecule has 6 heteroatoms. The van der Waals surface area contributed by atoms with Gasteiger partial charge in [-0.25, -0.2) is 13.8 Å². The molecule has 0 radical (unpaired) electrons. The summed E-state index contributed by atoms with van der Waals surface area (Å²) >= 11 is 0. The van der Waals surface area contributed by atoms with Crippen molar-refractivity contribution in [1.82, 2.24) is 4.98 Å². The van der Waals surface area contributed by atoms with Gasteiger partial charge in [-0.1, -0.05) is 0 Å². The number of nitrogens with two attached hydrogens (primary N) is 1. The molecule has 80 valence electrons. The van der Waals surface area contributed by atoms with Gasteiger partial charge in [0.1, 0.15) is 11.8 Å². The highest BCUT2D eigenvalue weighted by Gasteiger charge is 2.19. The molecule has 0 aromatic carbocycles. The Hall–Kier alpha value is -1.58. The summed E-state index contributed by atoms with van der Waals surface area (Å²) in [6, 6.07) is 2.96. The zero-order chi connectivity index (χ0) is 11.4. The van der Waals surface area contributed by atoms with Crippen molar-refractivity contribution in [1.29, 1.82) is 5.26 Å². The van der Waals surface area contributed by atoms with Crippen LogP contribution in [-0.4, -0.2) is 10.1 Å². The second-order valence-electron chi connectivity index (χ2n) is 2.81. The third-order valence-electron chi connectivity index (χ3n) is 1.88. The number of aliphatic hydroxyl groups excluding tert-OH is 1. The van der Waals surface area contributed by atoms with Crippen molar-refractivity contribution >= 4 is 0 Å². The molecular weight excluding hydrogens is 204 g/mol. The predicted molar refractivity (Wildman–Crippen MR) is 47.7 cm³/mol. The lowest BCUT2D eigenvalue weighted by Crippen LogP contribution is -2.08. The van der Waals surface area contributed by atoms with Crippen LogP contribution in [0.3, 0.4) is 0 Å². The Morgan fingerprint density at radius 3 is 2.67 bits per heavy atom. The molecule has 1 rings (SSSR count). The fourth-order valence-corrected chi connectivity index (χ4v) is 1.20. The molecular formula is C9H9F2N3O. The van der Waals surface area contributed by atoms with Crippen molar-refractivity contribution in [3.8, 4) is 6.07 Å². The van der Waals surface area contributed by atoms with Gasteiger partial charge in [0.05, 0.1) is 17.9 Å². The van der Waals surface area contributed by atoms with Crippen LogP contribution in [0.15, 0.2) is 6.07 Å². The van der Waals surface area contributed by atoms with E-state index >= 15 is 0 Å². The third-order valence-corrected chi connectivity index (χ3v) is 1.88. The number of nitriles is 1. The molecule has 0 aliphatic rings. The SMILES string of the molecule is N#Cc1c(CO)cc(CN)nc1C(F)F. The summed E-state index contributed by atoms with van der Waals surface area (Å²) in [6.45, 7) is -0.503. The summed E-state index contributed by atoms with van der Waals surface area (Å²) in [5, 5.41) is 17.6. The highest BCUT2D eigenvalue weighted by molar-refractivity contribution is 5.42. The van der Waals surface area contributed by atoms with Crippen molar-refractivity contribution in [3.05, 3.63) is 28.6 Å². The van der Waals surface area contributed by atoms with Crippen LogP contribution in [0.5, 0.6) is 0 Å². The highest BCUT2D eigenvalue weighted by atomic mass is 19.3. The molecule has 0 unspecified atom stereocenters. The second kappa shape index (κ2) is 4.77. The van der Waals surface area contributed by atoms with Gasteiger partial charge in [-0.2, -0.15) is 5.26 Å². The fraction of sp³-hybridized carbons (Fsp3) is 0.333. The standard InChI is InChI=1S/C9H9F2N3O/c10-9(11)8-7(3-13)5(4-15)1-6(2-12)14-8/h1,9,15H,2,4,12H2. The summed E-state index contributed by atoms with van der Waals surface area (Å²) in [5.74, 6) is 0. The van der Waals surface area contributed by atoms with Crippen LogP contribution in [0.1, 0.15) is 28.9 Å². The van der Waals surface area contributed by atoms with Crippen molar-refractivity contribution in [2.75, 3.05) is 0 Å². The number of rotatable bonds is 3. The number of alkyl halides is 2. The minimum Gasteiger partial charge on any atom is -0.392 e. The van der Waals surface area contributed by atoms with Crippen LogP contribution in [0, 0.1) is 11.3 Å². The van der Waals surface area contributed by atoms with Crippen molar-refractivity contribution in [2.45, 2.75) is 19.6 Å². The molecule has 4 nitrogen and oxygen atoms in total. The van der Waals surface area contributed by atoms with Crippen molar-refractivity contribution in [2.24, 2.45) is 5.73 Å². The van der Waals surface area contributed by atoms with Crippen LogP contribution in [0.4, 0.5) is 8.78 Å². The molecule has 3 N–H and O–H groups in total. The molecule has 0 saturated carbocycles. The lowest BCUT2D eigenvalue weighted by Gasteiger charge is -2.08. The first kappa shape index (κ1) is 11.5. The van der Waals surface area contributed by atoms with Gasteiger partial charge in [-0.3, -0.25) is 0 Å². The topological polar surface area (TPSA) is 82.9 Å². The Balaban J connectivity index is 3.41. The molecule has 0 atom stereocenters. The molecule has 15 heavy (non-hydrogen) atoms. The average Bonchev–Trinajstić information content (AvgIpc) is 2.26. The lowest BCUT2D eigenvalue weighted by atomic mass is 10.1. The van der Waals surface area contributed by atoms with E-state index in [4.69, 9.17) is 16.1 Å². The normalized spacial score (nSPS) is 10.4. The van der Waals surface area contributed by atoms with Gasteiger partial charge < -0.3 is 10.8 Å². The minimum atomic E-state index is -2.85. The Morgan fingerprint density at radius 2 is 2.27 bits per heavy atom. The van der Waals surface area contributed by atoms with Gasteiger partial charge in [0.15, 0.2) is 0 Å². The third kappa shape index (κ3) is 2.26. The lowest BCUT2D eigenvalue weighted by molar-refractivity contribution is 0.145. The molecule has 0 aliphatic carbocycles. The monoisotopic (exact) mass is 213 g/mol. The zero-order valence-electron chi connectivity index (χ0n) is 7.74. The smallest absolute Gasteiger partial charge is 0.281 e. The van der Waals surface area contributed by atoms with Crippen LogP contribution < -0.4 is 5.73 Å². The summed E-state index contributed by atoms with van der Waals surface area (Å²) < 4.78 is 25.0. The predicted octanol–water partition coefficient (Wildman–Crippen LogP) is 0.842. The van der Waals surface area contributed by atoms with E-state index in [2.05, 4.69) is 4.98 Å².